The van der Waals surface area contributed by atoms with Gasteiger partial charge in [0.1, 0.15) is 6.10 Å². The highest BCUT2D eigenvalue weighted by Crippen LogP contribution is 2.30. The standard InChI is InChI=1S/C20H27N3O5S2/c1-12(10-24)28-23-18(14-4-6-15(7-5-14)30(26)16-8-9-16)19(25)22-20-21-13(2)17(29-20)11-27-3/h4-7,12-13,16-17,24H,8-11H2,1-3H3,(H,21,22,25)/b23-18+/t12-,13?,17?,30?/m1/s1. The molecule has 3 rings (SSSR count). The van der Waals surface area contributed by atoms with E-state index in [1.807, 2.05) is 6.92 Å². The summed E-state index contributed by atoms with van der Waals surface area (Å²) in [5.74, 6) is -0.465. The number of aliphatic imine (C=N–C) groups is 1. The fraction of sp³-hybridized carbons (Fsp3) is 0.550. The van der Waals surface area contributed by atoms with E-state index in [1.54, 1.807) is 38.3 Å². The van der Waals surface area contributed by atoms with Gasteiger partial charge in [0.25, 0.3) is 5.91 Å². The molecule has 0 saturated heterocycles. The molecule has 1 aliphatic heterocycles. The molecule has 1 amide bonds. The average Bonchev–Trinajstić information content (AvgIpc) is 3.53. The van der Waals surface area contributed by atoms with E-state index < -0.39 is 22.8 Å². The number of amidine groups is 1. The van der Waals surface area contributed by atoms with Crippen molar-refractivity contribution in [2.45, 2.75) is 54.2 Å². The summed E-state index contributed by atoms with van der Waals surface area (Å²) in [6.07, 6.45) is 1.41. The zero-order chi connectivity index (χ0) is 21.7. The number of nitrogens with zero attached hydrogens (tertiary/aromatic N) is 2. The number of aliphatic hydroxyl groups is 1. The Bertz CT molecular complexity index is 839. The lowest BCUT2D eigenvalue weighted by molar-refractivity contribution is -0.113. The molecule has 0 bridgehead atoms. The molecular weight excluding hydrogens is 426 g/mol. The van der Waals surface area contributed by atoms with Crippen molar-refractivity contribution in [2.24, 2.45) is 10.1 Å². The van der Waals surface area contributed by atoms with Crippen LogP contribution in [0.2, 0.25) is 0 Å². The van der Waals surface area contributed by atoms with Gasteiger partial charge >= 0.3 is 0 Å². The second-order valence-corrected chi connectivity index (χ2v) is 10.3. The fourth-order valence-corrected chi connectivity index (χ4v) is 5.20. The molecule has 4 atom stereocenters. The molecular formula is C20H27N3O5S2. The number of amides is 1. The van der Waals surface area contributed by atoms with E-state index in [9.17, 15) is 14.1 Å². The van der Waals surface area contributed by atoms with Crippen molar-refractivity contribution in [1.29, 1.82) is 0 Å². The molecule has 1 saturated carbocycles. The molecule has 8 nitrogen and oxygen atoms in total. The lowest BCUT2D eigenvalue weighted by Gasteiger charge is -2.12. The van der Waals surface area contributed by atoms with Crippen LogP contribution in [-0.4, -0.2) is 69.1 Å². The zero-order valence-corrected chi connectivity index (χ0v) is 18.9. The number of aliphatic hydroxyl groups excluding tert-OH is 1. The summed E-state index contributed by atoms with van der Waals surface area (Å²) >= 11 is 1.45. The molecule has 2 aliphatic rings. The highest BCUT2D eigenvalue weighted by molar-refractivity contribution is 8.14. The number of hydrogen-bond donors (Lipinski definition) is 2. The topological polar surface area (TPSA) is 110 Å². The first-order valence-corrected chi connectivity index (χ1v) is 11.9. The van der Waals surface area contributed by atoms with Crippen LogP contribution in [0.15, 0.2) is 39.3 Å². The van der Waals surface area contributed by atoms with Crippen LogP contribution in [0.5, 0.6) is 0 Å². The summed E-state index contributed by atoms with van der Waals surface area (Å²) in [7, 11) is 0.612. The van der Waals surface area contributed by atoms with Gasteiger partial charge in [0.2, 0.25) is 0 Å². The van der Waals surface area contributed by atoms with Gasteiger partial charge in [-0.3, -0.25) is 19.3 Å². The maximum atomic E-state index is 12.9. The third-order valence-electron chi connectivity index (χ3n) is 4.66. The van der Waals surface area contributed by atoms with Crippen molar-refractivity contribution < 1.29 is 23.7 Å². The van der Waals surface area contributed by atoms with Gasteiger partial charge < -0.3 is 14.7 Å². The number of rotatable bonds is 9. The zero-order valence-electron chi connectivity index (χ0n) is 17.2. The molecule has 1 aromatic rings. The second-order valence-electron chi connectivity index (χ2n) is 7.30. The molecule has 3 unspecified atom stereocenters. The molecule has 10 heteroatoms. The number of methoxy groups -OCH3 is 1. The SMILES string of the molecule is COCC1SC(NC(=O)/C(=N/O[C@H](C)CO)c2ccc(S(=O)C3CC3)cc2)=NC1C. The van der Waals surface area contributed by atoms with Crippen LogP contribution >= 0.6 is 11.8 Å². The quantitative estimate of drug-likeness (QED) is 0.435. The number of oxime groups is 1. The van der Waals surface area contributed by atoms with E-state index in [1.165, 1.54) is 11.8 Å². The third-order valence-corrected chi connectivity index (χ3v) is 7.73. The van der Waals surface area contributed by atoms with Gasteiger partial charge in [0.05, 0.1) is 35.3 Å². The van der Waals surface area contributed by atoms with Crippen LogP contribution in [0.4, 0.5) is 0 Å². The van der Waals surface area contributed by atoms with Crippen molar-refractivity contribution in [3.8, 4) is 0 Å². The smallest absolute Gasteiger partial charge is 0.279 e. The van der Waals surface area contributed by atoms with Crippen LogP contribution < -0.4 is 5.32 Å². The van der Waals surface area contributed by atoms with Gasteiger partial charge in [-0.15, -0.1) is 0 Å². The minimum Gasteiger partial charge on any atom is -0.392 e. The Morgan fingerprint density at radius 1 is 1.40 bits per heavy atom. The Morgan fingerprint density at radius 2 is 2.10 bits per heavy atom. The van der Waals surface area contributed by atoms with Crippen LogP contribution in [0, 0.1) is 0 Å². The third kappa shape index (κ3) is 5.90. The number of benzene rings is 1. The average molecular weight is 454 g/mol. The number of carbonyl (C=O) groups excluding carboxylic acids is 1. The maximum absolute atomic E-state index is 12.9. The maximum Gasteiger partial charge on any atom is 0.279 e. The van der Waals surface area contributed by atoms with E-state index in [4.69, 9.17) is 9.57 Å². The number of thioether (sulfide) groups is 1. The summed E-state index contributed by atoms with van der Waals surface area (Å²) in [6.45, 7) is 3.92. The molecule has 2 N–H and O–H groups in total. The molecule has 1 heterocycles. The largest absolute Gasteiger partial charge is 0.392 e. The lowest BCUT2D eigenvalue weighted by atomic mass is 10.1. The lowest BCUT2D eigenvalue weighted by Crippen LogP contribution is -2.35. The van der Waals surface area contributed by atoms with Crippen molar-refractivity contribution in [2.75, 3.05) is 20.3 Å². The summed E-state index contributed by atoms with van der Waals surface area (Å²) in [6, 6.07) is 6.94. The van der Waals surface area contributed by atoms with Crippen molar-refractivity contribution in [3.63, 3.8) is 0 Å². The molecule has 0 radical (unpaired) electrons. The van der Waals surface area contributed by atoms with Crippen LogP contribution in [0.3, 0.4) is 0 Å². The van der Waals surface area contributed by atoms with E-state index in [0.717, 1.165) is 17.7 Å². The van der Waals surface area contributed by atoms with Crippen molar-refractivity contribution >= 4 is 39.3 Å². The van der Waals surface area contributed by atoms with E-state index in [-0.39, 0.29) is 28.9 Å². The van der Waals surface area contributed by atoms with E-state index >= 15 is 0 Å². The molecule has 1 aliphatic carbocycles. The van der Waals surface area contributed by atoms with E-state index in [0.29, 0.717) is 17.3 Å². The van der Waals surface area contributed by atoms with E-state index in [2.05, 4.69) is 15.5 Å². The Hall–Kier alpha value is -1.75. The monoisotopic (exact) mass is 453 g/mol. The minimum absolute atomic E-state index is 0.0213. The molecule has 1 aromatic carbocycles. The summed E-state index contributed by atoms with van der Waals surface area (Å²) in [5, 5.41) is 16.8. The van der Waals surface area contributed by atoms with Crippen molar-refractivity contribution in [1.82, 2.24) is 5.32 Å². The first kappa shape index (κ1) is 22.9. The Kier molecular flexibility index (Phi) is 8.04. The predicted molar refractivity (Wildman–Crippen MR) is 118 cm³/mol. The first-order chi connectivity index (χ1) is 14.4. The molecule has 1 fully saturated rings. The van der Waals surface area contributed by atoms with Gasteiger partial charge in [0.15, 0.2) is 10.9 Å². The van der Waals surface area contributed by atoms with Crippen LogP contribution in [0.25, 0.3) is 0 Å². The fourth-order valence-electron chi connectivity index (χ4n) is 2.72. The number of ether oxygens (including phenoxy) is 1. The summed E-state index contributed by atoms with van der Waals surface area (Å²) in [4.78, 5) is 23.4. The minimum atomic E-state index is -1.02. The molecule has 0 aromatic heterocycles. The summed E-state index contributed by atoms with van der Waals surface area (Å²) < 4.78 is 17.5. The van der Waals surface area contributed by atoms with Gasteiger partial charge in [-0.05, 0) is 38.8 Å². The molecule has 30 heavy (non-hydrogen) atoms. The second kappa shape index (κ2) is 10.5. The Labute approximate surface area is 183 Å². The van der Waals surface area contributed by atoms with Crippen LogP contribution in [0.1, 0.15) is 32.3 Å². The van der Waals surface area contributed by atoms with Crippen LogP contribution in [-0.2, 0) is 25.2 Å². The van der Waals surface area contributed by atoms with Crippen molar-refractivity contribution in [3.05, 3.63) is 29.8 Å². The predicted octanol–water partition coefficient (Wildman–Crippen LogP) is 1.68. The van der Waals surface area contributed by atoms with Gasteiger partial charge in [0, 0.05) is 22.8 Å². The highest BCUT2D eigenvalue weighted by Gasteiger charge is 2.30. The molecule has 0 spiro atoms. The summed E-state index contributed by atoms with van der Waals surface area (Å²) in [5.41, 5.74) is 0.587. The Balaban J connectivity index is 1.76. The van der Waals surface area contributed by atoms with Gasteiger partial charge in [-0.2, -0.15) is 0 Å². The highest BCUT2D eigenvalue weighted by atomic mass is 32.2. The normalized spacial score (nSPS) is 23.6. The number of nitrogens with one attached hydrogen (secondary N) is 1. The number of hydrogen-bond acceptors (Lipinski definition) is 8. The first-order valence-electron chi connectivity index (χ1n) is 9.83. The molecule has 164 valence electrons. The Morgan fingerprint density at radius 3 is 2.70 bits per heavy atom. The number of carbonyl (C=O) groups is 1. The van der Waals surface area contributed by atoms with Gasteiger partial charge in [-0.25, -0.2) is 0 Å². The van der Waals surface area contributed by atoms with Gasteiger partial charge in [-0.1, -0.05) is 29.1 Å².